The van der Waals surface area contributed by atoms with Gasteiger partial charge in [-0.05, 0) is 37.2 Å². The minimum absolute atomic E-state index is 0.0259. The van der Waals surface area contributed by atoms with Gasteiger partial charge in [0.15, 0.2) is 8.32 Å². The van der Waals surface area contributed by atoms with Crippen LogP contribution in [0.4, 0.5) is 0 Å². The molecule has 1 fully saturated rings. The second kappa shape index (κ2) is 7.48. The van der Waals surface area contributed by atoms with E-state index < -0.39 is 18.4 Å². The molecule has 0 N–H and O–H groups in total. The van der Waals surface area contributed by atoms with Crippen molar-refractivity contribution < 1.29 is 21.8 Å². The maximum Gasteiger partial charge on any atom is 0.296 e. The highest BCUT2D eigenvalue weighted by Gasteiger charge is 2.43. The van der Waals surface area contributed by atoms with Crippen molar-refractivity contribution in [1.29, 1.82) is 0 Å². The van der Waals surface area contributed by atoms with Gasteiger partial charge in [0.2, 0.25) is 0 Å². The fourth-order valence-corrected chi connectivity index (χ4v) is 4.07. The van der Waals surface area contributed by atoms with Gasteiger partial charge in [-0.15, -0.1) is 0 Å². The first-order chi connectivity index (χ1) is 11.4. The van der Waals surface area contributed by atoms with Gasteiger partial charge in [0.05, 0.1) is 24.2 Å². The van der Waals surface area contributed by atoms with Crippen molar-refractivity contribution in [3.05, 3.63) is 29.8 Å². The zero-order valence-corrected chi connectivity index (χ0v) is 17.9. The predicted molar refractivity (Wildman–Crippen MR) is 101 cm³/mol. The molecule has 142 valence electrons. The van der Waals surface area contributed by atoms with Gasteiger partial charge < -0.3 is 9.16 Å². The van der Waals surface area contributed by atoms with E-state index in [9.17, 15) is 8.42 Å². The fraction of sp³-hybridized carbons (Fsp3) is 0.667. The highest BCUT2D eigenvalue weighted by Crippen LogP contribution is 2.38. The lowest BCUT2D eigenvalue weighted by Gasteiger charge is -2.36. The molecular formula is C18H30O5SSi. The standard InChI is InChI=1S/C18H30O5SSi/c1-14-7-9-15(10-8-14)24(19,20)21-12-11-16-17(23-16)13-22-25(5,6)18(2,3)4/h7-10,16-17H,11-13H2,1-6H3/t16-,17-/m0/s1. The quantitative estimate of drug-likeness (QED) is 0.385. The van der Waals surface area contributed by atoms with E-state index in [1.54, 1.807) is 24.3 Å². The topological polar surface area (TPSA) is 65.1 Å². The summed E-state index contributed by atoms with van der Waals surface area (Å²) in [5.74, 6) is 0. The largest absolute Gasteiger partial charge is 0.414 e. The van der Waals surface area contributed by atoms with Crippen LogP contribution < -0.4 is 0 Å². The van der Waals surface area contributed by atoms with Gasteiger partial charge in [-0.2, -0.15) is 8.42 Å². The lowest BCUT2D eigenvalue weighted by molar-refractivity contribution is 0.239. The molecule has 2 rings (SSSR count). The molecule has 0 unspecified atom stereocenters. The summed E-state index contributed by atoms with van der Waals surface area (Å²) >= 11 is 0. The molecule has 1 saturated heterocycles. The first-order valence-corrected chi connectivity index (χ1v) is 13.0. The van der Waals surface area contributed by atoms with Crippen LogP contribution in [0.5, 0.6) is 0 Å². The molecule has 0 bridgehead atoms. The fourth-order valence-electron chi connectivity index (χ4n) is 2.13. The number of hydrogen-bond acceptors (Lipinski definition) is 5. The van der Waals surface area contributed by atoms with Crippen LogP contribution in [0, 0.1) is 6.92 Å². The summed E-state index contributed by atoms with van der Waals surface area (Å²) in [4.78, 5) is 0.188. The molecule has 1 aliphatic rings. The third-order valence-electron chi connectivity index (χ3n) is 5.05. The number of benzene rings is 1. The average molecular weight is 387 g/mol. The van der Waals surface area contributed by atoms with Crippen LogP contribution >= 0.6 is 0 Å². The maximum atomic E-state index is 12.1. The van der Waals surface area contributed by atoms with Gasteiger partial charge in [0, 0.05) is 6.42 Å². The molecular weight excluding hydrogens is 356 g/mol. The number of epoxide rings is 1. The van der Waals surface area contributed by atoms with Crippen LogP contribution in [0.2, 0.25) is 18.1 Å². The van der Waals surface area contributed by atoms with Gasteiger partial charge in [-0.1, -0.05) is 38.5 Å². The molecule has 25 heavy (non-hydrogen) atoms. The number of rotatable bonds is 8. The highest BCUT2D eigenvalue weighted by atomic mass is 32.2. The molecule has 7 heteroatoms. The Morgan fingerprint density at radius 3 is 2.28 bits per heavy atom. The lowest BCUT2D eigenvalue weighted by atomic mass is 10.2. The Labute approximate surface area is 152 Å². The van der Waals surface area contributed by atoms with Crippen molar-refractivity contribution in [3.8, 4) is 0 Å². The van der Waals surface area contributed by atoms with Crippen LogP contribution in [-0.4, -0.2) is 42.2 Å². The summed E-state index contributed by atoms with van der Waals surface area (Å²) in [5, 5.41) is 0.169. The first kappa shape index (κ1) is 20.6. The van der Waals surface area contributed by atoms with Crippen molar-refractivity contribution in [3.63, 3.8) is 0 Å². The molecule has 1 aliphatic heterocycles. The second-order valence-corrected chi connectivity index (χ2v) is 14.6. The van der Waals surface area contributed by atoms with E-state index in [1.165, 1.54) is 0 Å². The van der Waals surface area contributed by atoms with Crippen molar-refractivity contribution in [2.75, 3.05) is 13.2 Å². The normalized spacial score (nSPS) is 21.4. The van der Waals surface area contributed by atoms with Crippen LogP contribution in [0.15, 0.2) is 29.2 Å². The number of hydrogen-bond donors (Lipinski definition) is 0. The number of ether oxygens (including phenoxy) is 1. The monoisotopic (exact) mass is 386 g/mol. The van der Waals surface area contributed by atoms with Gasteiger partial charge >= 0.3 is 0 Å². The Kier molecular flexibility index (Phi) is 6.16. The molecule has 2 atom stereocenters. The van der Waals surface area contributed by atoms with E-state index in [0.717, 1.165) is 5.56 Å². The molecule has 1 heterocycles. The van der Waals surface area contributed by atoms with E-state index in [-0.39, 0.29) is 28.7 Å². The first-order valence-electron chi connectivity index (χ1n) is 8.68. The molecule has 0 radical (unpaired) electrons. The SMILES string of the molecule is Cc1ccc(S(=O)(=O)OCC[C@@H]2O[C@H]2CO[Si](C)(C)C(C)(C)C)cc1. The summed E-state index contributed by atoms with van der Waals surface area (Å²) < 4.78 is 41.1. The van der Waals surface area contributed by atoms with Crippen molar-refractivity contribution in [2.45, 2.75) is 69.4 Å². The summed E-state index contributed by atoms with van der Waals surface area (Å²) in [6.45, 7) is 13.6. The van der Waals surface area contributed by atoms with E-state index >= 15 is 0 Å². The van der Waals surface area contributed by atoms with Crippen LogP contribution in [0.3, 0.4) is 0 Å². The summed E-state index contributed by atoms with van der Waals surface area (Å²) in [7, 11) is -5.47. The Hall–Kier alpha value is -0.733. The van der Waals surface area contributed by atoms with E-state index in [4.69, 9.17) is 13.3 Å². The third kappa shape index (κ3) is 5.62. The Balaban J connectivity index is 1.73. The van der Waals surface area contributed by atoms with Crippen LogP contribution in [0.25, 0.3) is 0 Å². The zero-order valence-electron chi connectivity index (χ0n) is 16.0. The average Bonchev–Trinajstić information content (AvgIpc) is 3.23. The Bertz CT molecular complexity index is 676. The maximum absolute atomic E-state index is 12.1. The summed E-state index contributed by atoms with van der Waals surface area (Å²) in [6, 6.07) is 6.64. The molecule has 1 aromatic carbocycles. The van der Waals surface area contributed by atoms with Gasteiger partial charge in [0.1, 0.15) is 6.10 Å². The molecule has 0 spiro atoms. The minimum Gasteiger partial charge on any atom is -0.414 e. The van der Waals surface area contributed by atoms with E-state index in [1.807, 2.05) is 6.92 Å². The Morgan fingerprint density at radius 2 is 1.72 bits per heavy atom. The lowest BCUT2D eigenvalue weighted by Crippen LogP contribution is -2.41. The molecule has 0 aromatic heterocycles. The predicted octanol–water partition coefficient (Wildman–Crippen LogP) is 3.88. The Morgan fingerprint density at radius 1 is 1.12 bits per heavy atom. The highest BCUT2D eigenvalue weighted by molar-refractivity contribution is 7.86. The molecule has 0 saturated carbocycles. The smallest absolute Gasteiger partial charge is 0.296 e. The van der Waals surface area contributed by atoms with E-state index in [2.05, 4.69) is 33.9 Å². The third-order valence-corrected chi connectivity index (χ3v) is 10.9. The van der Waals surface area contributed by atoms with Crippen LogP contribution in [-0.2, 0) is 23.5 Å². The second-order valence-electron chi connectivity index (χ2n) is 8.16. The molecule has 5 nitrogen and oxygen atoms in total. The van der Waals surface area contributed by atoms with Crippen LogP contribution in [0.1, 0.15) is 32.8 Å². The molecule has 1 aromatic rings. The molecule has 0 amide bonds. The van der Waals surface area contributed by atoms with Gasteiger partial charge in [0.25, 0.3) is 10.1 Å². The summed E-state index contributed by atoms with van der Waals surface area (Å²) in [5.41, 5.74) is 1.01. The van der Waals surface area contributed by atoms with E-state index in [0.29, 0.717) is 13.0 Å². The van der Waals surface area contributed by atoms with Gasteiger partial charge in [-0.25, -0.2) is 0 Å². The summed E-state index contributed by atoms with van der Waals surface area (Å²) in [6.07, 6.45) is 0.633. The minimum atomic E-state index is -3.70. The van der Waals surface area contributed by atoms with Crippen molar-refractivity contribution >= 4 is 18.4 Å². The zero-order chi connectivity index (χ0) is 18.9. The van der Waals surface area contributed by atoms with Crippen molar-refractivity contribution in [2.24, 2.45) is 0 Å². The van der Waals surface area contributed by atoms with Crippen molar-refractivity contribution in [1.82, 2.24) is 0 Å². The molecule has 0 aliphatic carbocycles. The van der Waals surface area contributed by atoms with Gasteiger partial charge in [-0.3, -0.25) is 4.18 Å². The number of aryl methyl sites for hydroxylation is 1.